The van der Waals surface area contributed by atoms with Crippen LogP contribution in [0.25, 0.3) is 0 Å². The second-order valence-electron chi connectivity index (χ2n) is 6.93. The van der Waals surface area contributed by atoms with Crippen molar-refractivity contribution in [2.24, 2.45) is 0 Å². The van der Waals surface area contributed by atoms with E-state index < -0.39 is 24.1 Å². The molecule has 2 fully saturated rings. The van der Waals surface area contributed by atoms with E-state index in [1.54, 1.807) is 0 Å². The Hall–Kier alpha value is -2.69. The third kappa shape index (κ3) is 7.33. The molecule has 1 aromatic rings. The van der Waals surface area contributed by atoms with Crippen molar-refractivity contribution in [3.05, 3.63) is 35.9 Å². The summed E-state index contributed by atoms with van der Waals surface area (Å²) in [4.78, 5) is 31.3. The van der Waals surface area contributed by atoms with Gasteiger partial charge < -0.3 is 35.8 Å². The van der Waals surface area contributed by atoms with E-state index in [9.17, 15) is 14.4 Å². The van der Waals surface area contributed by atoms with Crippen LogP contribution in [-0.2, 0) is 14.3 Å². The number of alkyl carbamates (subject to hydrolysis) is 1. The highest BCUT2D eigenvalue weighted by molar-refractivity contribution is 5.83. The lowest BCUT2D eigenvalue weighted by molar-refractivity contribution is -0.165. The number of carboxylic acids is 2. The summed E-state index contributed by atoms with van der Waals surface area (Å²) >= 11 is 0. The molecule has 4 atom stereocenters. The number of carbonyl (C=O) groups is 3. The molecule has 2 aliphatic rings. The molecule has 1 amide bonds. The highest BCUT2D eigenvalue weighted by atomic mass is 16.6. The van der Waals surface area contributed by atoms with Gasteiger partial charge in [-0.15, -0.1) is 0 Å². The van der Waals surface area contributed by atoms with Crippen molar-refractivity contribution in [1.82, 2.24) is 10.6 Å². The number of hydrogen-bond donors (Lipinski definition) is 6. The van der Waals surface area contributed by atoms with Crippen LogP contribution in [0.5, 0.6) is 0 Å². The second kappa shape index (κ2) is 10.7. The van der Waals surface area contributed by atoms with Crippen LogP contribution in [-0.4, -0.2) is 75.9 Å². The lowest BCUT2D eigenvalue weighted by atomic mass is 10.1. The molecule has 0 aromatic heterocycles. The molecule has 29 heavy (non-hydrogen) atoms. The number of aliphatic hydroxyl groups is 2. The quantitative estimate of drug-likeness (QED) is 0.375. The zero-order valence-electron chi connectivity index (χ0n) is 15.7. The number of piperidine rings is 1. The predicted octanol–water partition coefficient (Wildman–Crippen LogP) is -0.102. The number of carboxylic acid groups (broad SMARTS) is 2. The Morgan fingerprint density at radius 3 is 2.07 bits per heavy atom. The van der Waals surface area contributed by atoms with Crippen LogP contribution in [0.15, 0.2) is 30.3 Å². The number of carbonyl (C=O) groups excluding carboxylic acids is 1. The van der Waals surface area contributed by atoms with Gasteiger partial charge >= 0.3 is 18.0 Å². The van der Waals surface area contributed by atoms with E-state index >= 15 is 0 Å². The molecule has 1 saturated heterocycles. The van der Waals surface area contributed by atoms with Gasteiger partial charge in [-0.3, -0.25) is 0 Å². The Labute approximate surface area is 167 Å². The number of nitrogens with one attached hydrogen (secondary N) is 2. The number of amides is 1. The van der Waals surface area contributed by atoms with Crippen LogP contribution < -0.4 is 10.6 Å². The summed E-state index contributed by atoms with van der Waals surface area (Å²) in [6.45, 7) is 1.95. The Bertz CT molecular complexity index is 675. The van der Waals surface area contributed by atoms with E-state index in [1.165, 1.54) is 5.56 Å². The fourth-order valence-corrected chi connectivity index (χ4v) is 2.93. The Morgan fingerprint density at radius 2 is 1.55 bits per heavy atom. The third-order valence-electron chi connectivity index (χ3n) is 4.68. The first-order valence-corrected chi connectivity index (χ1v) is 9.34. The summed E-state index contributed by atoms with van der Waals surface area (Å²) in [5.74, 6) is -3.15. The Kier molecular flexibility index (Phi) is 8.37. The Balaban J connectivity index is 0.000000257. The van der Waals surface area contributed by atoms with Crippen LogP contribution in [0.1, 0.15) is 30.7 Å². The van der Waals surface area contributed by atoms with Crippen molar-refractivity contribution in [2.75, 3.05) is 13.1 Å². The van der Waals surface area contributed by atoms with Crippen LogP contribution >= 0.6 is 0 Å². The highest BCUT2D eigenvalue weighted by Gasteiger charge is 2.42. The fraction of sp³-hybridized carbons (Fsp3) is 0.526. The minimum Gasteiger partial charge on any atom is -0.479 e. The first kappa shape index (κ1) is 22.6. The number of hydrogen-bond acceptors (Lipinski definition) is 7. The maximum absolute atomic E-state index is 11.8. The summed E-state index contributed by atoms with van der Waals surface area (Å²) in [6, 6.07) is 10.5. The third-order valence-corrected chi connectivity index (χ3v) is 4.68. The van der Waals surface area contributed by atoms with E-state index in [2.05, 4.69) is 22.8 Å². The van der Waals surface area contributed by atoms with Crippen LogP contribution in [0, 0.1) is 0 Å². The number of rotatable bonds is 6. The summed E-state index contributed by atoms with van der Waals surface area (Å²) < 4.78 is 5.46. The van der Waals surface area contributed by atoms with Crippen molar-refractivity contribution >= 4 is 18.0 Å². The van der Waals surface area contributed by atoms with Crippen molar-refractivity contribution in [3.63, 3.8) is 0 Å². The Morgan fingerprint density at radius 1 is 1.00 bits per heavy atom. The van der Waals surface area contributed by atoms with E-state index in [4.69, 9.17) is 25.2 Å². The van der Waals surface area contributed by atoms with Gasteiger partial charge in [0.2, 0.25) is 0 Å². The van der Waals surface area contributed by atoms with Crippen LogP contribution in [0.4, 0.5) is 4.79 Å². The van der Waals surface area contributed by atoms with Gasteiger partial charge in [0.1, 0.15) is 6.10 Å². The van der Waals surface area contributed by atoms with E-state index in [1.807, 2.05) is 18.2 Å². The second-order valence-corrected chi connectivity index (χ2v) is 6.93. The molecule has 1 aliphatic carbocycles. The lowest BCUT2D eigenvalue weighted by Crippen LogP contribution is -2.43. The predicted molar refractivity (Wildman–Crippen MR) is 100 cm³/mol. The molecular weight excluding hydrogens is 384 g/mol. The number of aliphatic hydroxyl groups excluding tert-OH is 2. The average Bonchev–Trinajstić information content (AvgIpc) is 3.47. The average molecular weight is 410 g/mol. The first-order chi connectivity index (χ1) is 13.8. The van der Waals surface area contributed by atoms with Crippen molar-refractivity contribution in [2.45, 2.75) is 49.5 Å². The summed E-state index contributed by atoms with van der Waals surface area (Å²) in [7, 11) is 0. The molecule has 6 N–H and O–H groups in total. The van der Waals surface area contributed by atoms with Crippen LogP contribution in [0.2, 0.25) is 0 Å². The zero-order valence-corrected chi connectivity index (χ0v) is 15.7. The molecule has 10 nitrogen and oxygen atoms in total. The minimum atomic E-state index is -2.27. The summed E-state index contributed by atoms with van der Waals surface area (Å²) in [5, 5.41) is 38.8. The highest BCUT2D eigenvalue weighted by Crippen LogP contribution is 2.43. The fourth-order valence-electron chi connectivity index (χ4n) is 2.93. The number of ether oxygens (including phenoxy) is 1. The minimum absolute atomic E-state index is 0.0594. The zero-order chi connectivity index (χ0) is 21.4. The summed E-state index contributed by atoms with van der Waals surface area (Å²) in [6.07, 6.45) is -1.80. The van der Waals surface area contributed by atoms with Gasteiger partial charge in [-0.2, -0.15) is 0 Å². The van der Waals surface area contributed by atoms with Gasteiger partial charge in [0.05, 0.1) is 0 Å². The van der Waals surface area contributed by atoms with Crippen molar-refractivity contribution in [3.8, 4) is 0 Å². The molecule has 0 radical (unpaired) electrons. The molecule has 0 spiro atoms. The molecule has 1 aliphatic heterocycles. The van der Waals surface area contributed by atoms with Gasteiger partial charge in [-0.1, -0.05) is 30.3 Å². The number of aliphatic carboxylic acids is 2. The molecule has 0 bridgehead atoms. The molecule has 3 rings (SSSR count). The molecule has 1 saturated carbocycles. The lowest BCUT2D eigenvalue weighted by Gasteiger charge is -2.23. The molecule has 1 heterocycles. The molecular formula is C19H26N2O8. The van der Waals surface area contributed by atoms with E-state index in [0.717, 1.165) is 32.4 Å². The van der Waals surface area contributed by atoms with E-state index in [-0.39, 0.29) is 18.2 Å². The normalized spacial score (nSPS) is 23.0. The van der Waals surface area contributed by atoms with E-state index in [0.29, 0.717) is 5.92 Å². The maximum atomic E-state index is 11.8. The molecule has 2 unspecified atom stereocenters. The molecule has 10 heteroatoms. The van der Waals surface area contributed by atoms with Gasteiger partial charge in [-0.25, -0.2) is 14.4 Å². The van der Waals surface area contributed by atoms with Gasteiger partial charge in [0.15, 0.2) is 12.2 Å². The summed E-state index contributed by atoms with van der Waals surface area (Å²) in [5.41, 5.74) is 1.27. The monoisotopic (exact) mass is 410 g/mol. The topological polar surface area (TPSA) is 165 Å². The van der Waals surface area contributed by atoms with Crippen molar-refractivity contribution in [1.29, 1.82) is 0 Å². The van der Waals surface area contributed by atoms with Crippen LogP contribution in [0.3, 0.4) is 0 Å². The first-order valence-electron chi connectivity index (χ1n) is 9.34. The largest absolute Gasteiger partial charge is 0.479 e. The maximum Gasteiger partial charge on any atom is 0.407 e. The van der Waals surface area contributed by atoms with Gasteiger partial charge in [-0.05, 0) is 37.9 Å². The van der Waals surface area contributed by atoms with Gasteiger partial charge in [0, 0.05) is 12.0 Å². The standard InChI is InChI=1S/C15H20N2O2.C4H6O6/c18-15(17-12-6-8-16-9-7-12)19-14-10-13(14)11-4-2-1-3-5-11;5-1(3(7)8)2(6)4(9)10/h1-5,12-14,16H,6-10H2,(H,17,18);1-2,5-6H,(H,7,8)(H,9,10)/t13-,14+;/m0./s1. The molecule has 1 aromatic carbocycles. The van der Waals surface area contributed by atoms with Crippen molar-refractivity contribution < 1.29 is 39.5 Å². The molecule has 160 valence electrons. The smallest absolute Gasteiger partial charge is 0.407 e. The van der Waals surface area contributed by atoms with Gasteiger partial charge in [0.25, 0.3) is 0 Å². The SMILES string of the molecule is O=C(NC1CCNCC1)O[C@@H]1C[C@H]1c1ccccc1.O=C(O)C(O)C(O)C(=O)O. The number of benzene rings is 1.